The van der Waals surface area contributed by atoms with Gasteiger partial charge in [0, 0.05) is 25.2 Å². The Morgan fingerprint density at radius 3 is 2.52 bits per heavy atom. The van der Waals surface area contributed by atoms with Crippen LogP contribution in [0.2, 0.25) is 0 Å². The van der Waals surface area contributed by atoms with Gasteiger partial charge in [0.1, 0.15) is 11.9 Å². The fourth-order valence-electron chi connectivity index (χ4n) is 7.77. The molecule has 4 fully saturated rings. The Morgan fingerprint density at radius 1 is 1.08 bits per heavy atom. The van der Waals surface area contributed by atoms with Gasteiger partial charge >= 0.3 is 5.97 Å². The van der Waals surface area contributed by atoms with E-state index in [0.717, 1.165) is 37.5 Å². The van der Waals surface area contributed by atoms with Crippen molar-refractivity contribution in [2.75, 3.05) is 0 Å². The van der Waals surface area contributed by atoms with Gasteiger partial charge in [0.05, 0.1) is 0 Å². The summed E-state index contributed by atoms with van der Waals surface area (Å²) in [5, 5.41) is 0. The fraction of sp³-hybridized carbons (Fsp3) is 0.909. The summed E-state index contributed by atoms with van der Waals surface area (Å²) >= 11 is 0. The molecule has 0 aromatic rings. The maximum atomic E-state index is 12.1. The van der Waals surface area contributed by atoms with Crippen molar-refractivity contribution >= 4 is 11.8 Å². The second-order valence-electron chi connectivity index (χ2n) is 10.2. The Morgan fingerprint density at radius 2 is 1.80 bits per heavy atom. The lowest BCUT2D eigenvalue weighted by Crippen LogP contribution is -2.56. The Kier molecular flexibility index (Phi) is 4.09. The molecular formula is C22H34O3. The molecule has 0 unspecified atom stereocenters. The second-order valence-corrected chi connectivity index (χ2v) is 10.2. The molecule has 8 atom stereocenters. The molecule has 4 aliphatic carbocycles. The van der Waals surface area contributed by atoms with Gasteiger partial charge in [-0.1, -0.05) is 20.8 Å². The lowest BCUT2D eigenvalue weighted by Gasteiger charge is -2.62. The van der Waals surface area contributed by atoms with E-state index in [4.69, 9.17) is 4.74 Å². The number of carbonyl (C=O) groups excluding carboxylic acids is 2. The van der Waals surface area contributed by atoms with Crippen molar-refractivity contribution in [2.24, 2.45) is 40.4 Å². The van der Waals surface area contributed by atoms with E-state index in [0.29, 0.717) is 29.0 Å². The molecule has 0 radical (unpaired) electrons. The first-order valence-electron chi connectivity index (χ1n) is 10.4. The molecule has 0 aliphatic heterocycles. The zero-order valence-electron chi connectivity index (χ0n) is 16.3. The minimum Gasteiger partial charge on any atom is -0.462 e. The van der Waals surface area contributed by atoms with E-state index >= 15 is 0 Å². The van der Waals surface area contributed by atoms with Crippen molar-refractivity contribution in [3.63, 3.8) is 0 Å². The first-order valence-corrected chi connectivity index (χ1v) is 10.4. The van der Waals surface area contributed by atoms with Crippen LogP contribution in [0.3, 0.4) is 0 Å². The molecule has 4 aliphatic rings. The van der Waals surface area contributed by atoms with Crippen LogP contribution >= 0.6 is 0 Å². The third-order valence-electron chi connectivity index (χ3n) is 9.06. The van der Waals surface area contributed by atoms with Crippen LogP contribution in [0.4, 0.5) is 0 Å². The highest BCUT2D eigenvalue weighted by Crippen LogP contribution is 2.67. The fourth-order valence-corrected chi connectivity index (χ4v) is 7.77. The molecule has 0 aromatic heterocycles. The van der Waals surface area contributed by atoms with Gasteiger partial charge in [-0.3, -0.25) is 9.59 Å². The van der Waals surface area contributed by atoms with E-state index in [1.54, 1.807) is 6.92 Å². The zero-order chi connectivity index (χ0) is 18.0. The molecule has 4 rings (SSSR count). The Balaban J connectivity index is 1.63. The second kappa shape index (κ2) is 5.82. The maximum Gasteiger partial charge on any atom is 0.302 e. The molecule has 0 spiro atoms. The largest absolute Gasteiger partial charge is 0.462 e. The number of Topliss-reactive ketones (excluding diaryl/α,β-unsaturated/α-hetero) is 1. The normalized spacial score (nSPS) is 52.1. The van der Waals surface area contributed by atoms with Gasteiger partial charge in [0.15, 0.2) is 0 Å². The van der Waals surface area contributed by atoms with Gasteiger partial charge in [0.2, 0.25) is 0 Å². The highest BCUT2D eigenvalue weighted by Gasteiger charge is 2.62. The lowest BCUT2D eigenvalue weighted by atomic mass is 9.43. The number of ether oxygens (including phenoxy) is 1. The van der Waals surface area contributed by atoms with Crippen LogP contribution in [-0.2, 0) is 14.3 Å². The molecular weight excluding hydrogens is 312 g/mol. The highest BCUT2D eigenvalue weighted by molar-refractivity contribution is 5.79. The summed E-state index contributed by atoms with van der Waals surface area (Å²) < 4.78 is 5.76. The van der Waals surface area contributed by atoms with Crippen LogP contribution in [0.1, 0.15) is 79.1 Å². The van der Waals surface area contributed by atoms with E-state index < -0.39 is 0 Å². The molecule has 140 valence electrons. The van der Waals surface area contributed by atoms with E-state index in [-0.39, 0.29) is 17.5 Å². The van der Waals surface area contributed by atoms with Crippen LogP contribution < -0.4 is 0 Å². The Bertz CT molecular complexity index is 584. The van der Waals surface area contributed by atoms with Gasteiger partial charge < -0.3 is 4.74 Å². The predicted octanol–water partition coefficient (Wildman–Crippen LogP) is 4.78. The van der Waals surface area contributed by atoms with Crippen LogP contribution in [0, 0.1) is 40.4 Å². The SMILES string of the molecule is CC(=O)O[C@@H]1CC[C@@H]2[C@H]3[C@H](C)C[C@@H]4CC(=O)CC[C@@]4(C)[C@H]3CC[C@@]21C. The molecule has 3 nitrogen and oxygen atoms in total. The van der Waals surface area contributed by atoms with Gasteiger partial charge in [-0.15, -0.1) is 0 Å². The van der Waals surface area contributed by atoms with Gasteiger partial charge in [-0.05, 0) is 73.5 Å². The first-order chi connectivity index (χ1) is 11.8. The Hall–Kier alpha value is -0.860. The average Bonchev–Trinajstić information content (AvgIpc) is 2.85. The zero-order valence-corrected chi connectivity index (χ0v) is 16.3. The summed E-state index contributed by atoms with van der Waals surface area (Å²) in [5.41, 5.74) is 0.515. The number of esters is 1. The maximum absolute atomic E-state index is 12.1. The topological polar surface area (TPSA) is 43.4 Å². The summed E-state index contributed by atoms with van der Waals surface area (Å²) in [5.74, 6) is 3.83. The van der Waals surface area contributed by atoms with E-state index in [1.807, 2.05) is 0 Å². The molecule has 0 aromatic carbocycles. The third kappa shape index (κ3) is 2.51. The number of carbonyl (C=O) groups is 2. The lowest BCUT2D eigenvalue weighted by molar-refractivity contribution is -0.167. The molecule has 0 bridgehead atoms. The standard InChI is InChI=1S/C22H34O3/c1-13-11-15-12-16(24)7-9-21(15,3)18-8-10-22(4)17(20(13)18)5-6-19(22)25-14(2)23/h13,15,17-20H,5-12H2,1-4H3/t13-,15-,17-,18+,19-,20-,21-,22+/m1/s1. The molecule has 0 saturated heterocycles. The van der Waals surface area contributed by atoms with Gasteiger partial charge in [-0.25, -0.2) is 0 Å². The van der Waals surface area contributed by atoms with E-state index in [1.165, 1.54) is 25.7 Å². The summed E-state index contributed by atoms with van der Waals surface area (Å²) in [6.45, 7) is 8.87. The summed E-state index contributed by atoms with van der Waals surface area (Å²) in [7, 11) is 0. The monoisotopic (exact) mass is 346 g/mol. The van der Waals surface area contributed by atoms with Crippen molar-refractivity contribution in [3.05, 3.63) is 0 Å². The summed E-state index contributed by atoms with van der Waals surface area (Å²) in [6.07, 6.45) is 8.72. The quantitative estimate of drug-likeness (QED) is 0.642. The van der Waals surface area contributed by atoms with Crippen LogP contribution in [0.25, 0.3) is 0 Å². The van der Waals surface area contributed by atoms with Crippen LogP contribution in [0.5, 0.6) is 0 Å². The van der Waals surface area contributed by atoms with Gasteiger partial charge in [-0.2, -0.15) is 0 Å². The summed E-state index contributed by atoms with van der Waals surface area (Å²) in [4.78, 5) is 23.6. The number of fused-ring (bicyclic) bond motifs is 5. The molecule has 3 heteroatoms. The summed E-state index contributed by atoms with van der Waals surface area (Å²) in [6, 6.07) is 0. The van der Waals surface area contributed by atoms with Crippen molar-refractivity contribution in [2.45, 2.75) is 85.2 Å². The Labute approximate surface area is 152 Å². The molecule has 25 heavy (non-hydrogen) atoms. The number of hydrogen-bond acceptors (Lipinski definition) is 3. The third-order valence-corrected chi connectivity index (χ3v) is 9.06. The average molecular weight is 347 g/mol. The molecule has 0 N–H and O–H groups in total. The van der Waals surface area contributed by atoms with E-state index in [2.05, 4.69) is 20.8 Å². The molecule has 0 amide bonds. The number of hydrogen-bond donors (Lipinski definition) is 0. The smallest absolute Gasteiger partial charge is 0.302 e. The van der Waals surface area contributed by atoms with Crippen molar-refractivity contribution in [1.29, 1.82) is 0 Å². The number of rotatable bonds is 1. The van der Waals surface area contributed by atoms with Crippen LogP contribution in [-0.4, -0.2) is 17.9 Å². The molecule has 4 saturated carbocycles. The van der Waals surface area contributed by atoms with Crippen molar-refractivity contribution < 1.29 is 14.3 Å². The van der Waals surface area contributed by atoms with Crippen molar-refractivity contribution in [1.82, 2.24) is 0 Å². The van der Waals surface area contributed by atoms with Gasteiger partial charge in [0.25, 0.3) is 0 Å². The number of ketones is 1. The van der Waals surface area contributed by atoms with Crippen LogP contribution in [0.15, 0.2) is 0 Å². The first kappa shape index (κ1) is 17.5. The minimum absolute atomic E-state index is 0.113. The molecule has 0 heterocycles. The highest BCUT2D eigenvalue weighted by atomic mass is 16.5. The minimum atomic E-state index is -0.122. The predicted molar refractivity (Wildman–Crippen MR) is 96.8 cm³/mol. The van der Waals surface area contributed by atoms with E-state index in [9.17, 15) is 9.59 Å². The van der Waals surface area contributed by atoms with Crippen molar-refractivity contribution in [3.8, 4) is 0 Å².